The van der Waals surface area contributed by atoms with Crippen molar-refractivity contribution in [1.82, 2.24) is 5.43 Å². The lowest BCUT2D eigenvalue weighted by Crippen LogP contribution is -2.34. The number of benzene rings is 1. The van der Waals surface area contributed by atoms with Gasteiger partial charge >= 0.3 is 0 Å². The summed E-state index contributed by atoms with van der Waals surface area (Å²) in [6.45, 7) is 0. The summed E-state index contributed by atoms with van der Waals surface area (Å²) in [5.74, 6) is 5.87. The van der Waals surface area contributed by atoms with E-state index >= 15 is 0 Å². The highest BCUT2D eigenvalue weighted by Crippen LogP contribution is 2.24. The third-order valence-electron chi connectivity index (χ3n) is 1.50. The summed E-state index contributed by atoms with van der Waals surface area (Å²) in [7, 11) is 1.60. The largest absolute Gasteiger partial charge is 0.497 e. The van der Waals surface area contributed by atoms with E-state index in [0.29, 0.717) is 5.11 Å². The van der Waals surface area contributed by atoms with Crippen LogP contribution in [-0.4, -0.2) is 12.2 Å². The van der Waals surface area contributed by atoms with E-state index in [1.807, 2.05) is 18.2 Å². The van der Waals surface area contributed by atoms with Gasteiger partial charge in [0.1, 0.15) is 5.75 Å². The molecular weight excluding hydrogens is 266 g/mol. The number of rotatable bonds is 2. The molecule has 76 valence electrons. The van der Waals surface area contributed by atoms with E-state index in [2.05, 4.69) is 26.7 Å². The number of anilines is 1. The van der Waals surface area contributed by atoms with Crippen LogP contribution < -0.4 is 21.3 Å². The first-order valence-corrected chi connectivity index (χ1v) is 4.98. The number of thiocarbonyl (C=S) groups is 1. The van der Waals surface area contributed by atoms with Crippen molar-refractivity contribution in [3.05, 3.63) is 22.7 Å². The first-order chi connectivity index (χ1) is 6.65. The smallest absolute Gasteiger partial charge is 0.185 e. The molecule has 4 nitrogen and oxygen atoms in total. The van der Waals surface area contributed by atoms with Crippen LogP contribution in [-0.2, 0) is 0 Å². The number of ether oxygens (including phenoxy) is 1. The van der Waals surface area contributed by atoms with Crippen LogP contribution in [0.1, 0.15) is 0 Å². The summed E-state index contributed by atoms with van der Waals surface area (Å²) >= 11 is 8.21. The highest BCUT2D eigenvalue weighted by atomic mass is 79.9. The minimum absolute atomic E-state index is 0.352. The van der Waals surface area contributed by atoms with Gasteiger partial charge in [-0.2, -0.15) is 0 Å². The van der Waals surface area contributed by atoms with Crippen LogP contribution in [0.3, 0.4) is 0 Å². The topological polar surface area (TPSA) is 59.3 Å². The molecule has 0 saturated carbocycles. The minimum atomic E-state index is 0.352. The fourth-order valence-corrected chi connectivity index (χ4v) is 1.51. The van der Waals surface area contributed by atoms with Gasteiger partial charge in [-0.1, -0.05) is 15.9 Å². The average Bonchev–Trinajstić information content (AvgIpc) is 2.16. The van der Waals surface area contributed by atoms with Crippen LogP contribution in [0.4, 0.5) is 5.69 Å². The molecule has 0 aliphatic heterocycles. The van der Waals surface area contributed by atoms with Gasteiger partial charge in [-0.25, -0.2) is 5.84 Å². The molecule has 0 aliphatic rings. The zero-order valence-corrected chi connectivity index (χ0v) is 9.91. The monoisotopic (exact) mass is 275 g/mol. The van der Waals surface area contributed by atoms with Crippen molar-refractivity contribution in [2.75, 3.05) is 12.4 Å². The maximum Gasteiger partial charge on any atom is 0.185 e. The second kappa shape index (κ2) is 5.14. The number of nitrogens with two attached hydrogens (primary N) is 1. The Hall–Kier alpha value is -0.850. The van der Waals surface area contributed by atoms with Gasteiger partial charge in [0.2, 0.25) is 0 Å². The summed E-state index contributed by atoms with van der Waals surface area (Å²) in [5.41, 5.74) is 3.14. The van der Waals surface area contributed by atoms with Crippen LogP contribution in [0, 0.1) is 0 Å². The quantitative estimate of drug-likeness (QED) is 0.435. The Morgan fingerprint density at radius 2 is 2.21 bits per heavy atom. The van der Waals surface area contributed by atoms with Gasteiger partial charge in [0, 0.05) is 16.2 Å². The van der Waals surface area contributed by atoms with E-state index in [4.69, 9.17) is 22.8 Å². The lowest BCUT2D eigenvalue weighted by molar-refractivity contribution is 0.415. The van der Waals surface area contributed by atoms with Crippen molar-refractivity contribution < 1.29 is 4.74 Å². The maximum absolute atomic E-state index is 5.13. The molecule has 0 aromatic heterocycles. The fraction of sp³-hybridized carbons (Fsp3) is 0.125. The van der Waals surface area contributed by atoms with Crippen molar-refractivity contribution in [3.63, 3.8) is 0 Å². The highest BCUT2D eigenvalue weighted by Gasteiger charge is 2.00. The lowest BCUT2D eigenvalue weighted by atomic mass is 10.3. The SMILES string of the molecule is COc1cc(Br)cc(NC(=S)NN)c1. The lowest BCUT2D eigenvalue weighted by Gasteiger charge is -2.09. The van der Waals surface area contributed by atoms with E-state index in [1.165, 1.54) is 0 Å². The molecule has 0 heterocycles. The van der Waals surface area contributed by atoms with E-state index < -0.39 is 0 Å². The van der Waals surface area contributed by atoms with Crippen LogP contribution in [0.5, 0.6) is 5.75 Å². The Labute approximate surface area is 95.9 Å². The maximum atomic E-state index is 5.13. The first kappa shape index (κ1) is 11.2. The van der Waals surface area contributed by atoms with Crippen molar-refractivity contribution in [2.24, 2.45) is 5.84 Å². The molecule has 1 aromatic carbocycles. The van der Waals surface area contributed by atoms with Gasteiger partial charge in [-0.05, 0) is 24.4 Å². The predicted molar refractivity (Wildman–Crippen MR) is 64.2 cm³/mol. The van der Waals surface area contributed by atoms with Gasteiger partial charge in [-0.3, -0.25) is 0 Å². The van der Waals surface area contributed by atoms with E-state index in [0.717, 1.165) is 15.9 Å². The zero-order chi connectivity index (χ0) is 10.6. The summed E-state index contributed by atoms with van der Waals surface area (Å²) in [6.07, 6.45) is 0. The fourth-order valence-electron chi connectivity index (χ4n) is 0.920. The molecule has 0 radical (unpaired) electrons. The number of nitrogens with one attached hydrogen (secondary N) is 2. The molecule has 0 fully saturated rings. The minimum Gasteiger partial charge on any atom is -0.497 e. The second-order valence-corrected chi connectivity index (χ2v) is 3.80. The Morgan fingerprint density at radius 1 is 1.50 bits per heavy atom. The molecule has 0 amide bonds. The summed E-state index contributed by atoms with van der Waals surface area (Å²) in [6, 6.07) is 5.53. The third kappa shape index (κ3) is 3.13. The standard InChI is InChI=1S/C8H10BrN3OS/c1-13-7-3-5(9)2-6(4-7)11-8(14)12-10/h2-4H,10H2,1H3,(H2,11,12,14). The Kier molecular flexibility index (Phi) is 4.12. The summed E-state index contributed by atoms with van der Waals surface area (Å²) in [5, 5.41) is 3.24. The van der Waals surface area contributed by atoms with E-state index in [-0.39, 0.29) is 0 Å². The molecule has 0 atom stereocenters. The van der Waals surface area contributed by atoms with Crippen LogP contribution in [0.25, 0.3) is 0 Å². The predicted octanol–water partition coefficient (Wildman–Crippen LogP) is 1.62. The Balaban J connectivity index is 2.86. The molecule has 1 aromatic rings. The third-order valence-corrected chi connectivity index (χ3v) is 2.17. The average molecular weight is 276 g/mol. The summed E-state index contributed by atoms with van der Waals surface area (Å²) < 4.78 is 5.99. The molecule has 14 heavy (non-hydrogen) atoms. The highest BCUT2D eigenvalue weighted by molar-refractivity contribution is 9.10. The van der Waals surface area contributed by atoms with Crippen LogP contribution in [0.2, 0.25) is 0 Å². The molecule has 0 saturated heterocycles. The number of hydrogen-bond acceptors (Lipinski definition) is 3. The van der Waals surface area contributed by atoms with Gasteiger partial charge < -0.3 is 15.5 Å². The molecule has 0 unspecified atom stereocenters. The van der Waals surface area contributed by atoms with Gasteiger partial charge in [-0.15, -0.1) is 0 Å². The van der Waals surface area contributed by atoms with Crippen molar-refractivity contribution in [1.29, 1.82) is 0 Å². The van der Waals surface area contributed by atoms with Crippen molar-refractivity contribution in [2.45, 2.75) is 0 Å². The number of hydrazine groups is 1. The second-order valence-electron chi connectivity index (χ2n) is 2.48. The molecule has 4 N–H and O–H groups in total. The Morgan fingerprint density at radius 3 is 2.79 bits per heavy atom. The van der Waals surface area contributed by atoms with Crippen LogP contribution in [0.15, 0.2) is 22.7 Å². The van der Waals surface area contributed by atoms with Crippen LogP contribution >= 0.6 is 28.1 Å². The molecule has 0 aliphatic carbocycles. The number of halogens is 1. The molecule has 0 bridgehead atoms. The summed E-state index contributed by atoms with van der Waals surface area (Å²) in [4.78, 5) is 0. The van der Waals surface area contributed by atoms with Crippen molar-refractivity contribution >= 4 is 38.9 Å². The number of hydrogen-bond donors (Lipinski definition) is 3. The van der Waals surface area contributed by atoms with Gasteiger partial charge in [0.25, 0.3) is 0 Å². The number of methoxy groups -OCH3 is 1. The normalized spacial score (nSPS) is 9.36. The van der Waals surface area contributed by atoms with E-state index in [1.54, 1.807) is 7.11 Å². The zero-order valence-electron chi connectivity index (χ0n) is 7.50. The Bertz CT molecular complexity index is 345. The van der Waals surface area contributed by atoms with Gasteiger partial charge in [0.15, 0.2) is 5.11 Å². The van der Waals surface area contributed by atoms with Gasteiger partial charge in [0.05, 0.1) is 7.11 Å². The first-order valence-electron chi connectivity index (χ1n) is 3.78. The van der Waals surface area contributed by atoms with Crippen molar-refractivity contribution in [3.8, 4) is 5.75 Å². The molecule has 0 spiro atoms. The molecule has 1 rings (SSSR count). The molecule has 6 heteroatoms. The molecular formula is C8H10BrN3OS. The van der Waals surface area contributed by atoms with E-state index in [9.17, 15) is 0 Å².